The first-order valence-corrected chi connectivity index (χ1v) is 6.19. The van der Waals surface area contributed by atoms with Crippen LogP contribution in [0.1, 0.15) is 12.5 Å². The van der Waals surface area contributed by atoms with Crippen molar-refractivity contribution in [3.63, 3.8) is 0 Å². The van der Waals surface area contributed by atoms with Gasteiger partial charge < -0.3 is 20.1 Å². The van der Waals surface area contributed by atoms with Crippen LogP contribution in [-0.2, 0) is 11.3 Å². The van der Waals surface area contributed by atoms with E-state index in [1.807, 2.05) is 26.4 Å². The number of hydrogen-bond donors (Lipinski definition) is 2. The van der Waals surface area contributed by atoms with Crippen LogP contribution in [0.3, 0.4) is 0 Å². The predicted octanol–water partition coefficient (Wildman–Crippen LogP) is -0.218. The summed E-state index contributed by atoms with van der Waals surface area (Å²) in [6, 6.07) is 0. The van der Waals surface area contributed by atoms with Crippen molar-refractivity contribution in [2.75, 3.05) is 31.6 Å². The summed E-state index contributed by atoms with van der Waals surface area (Å²) >= 11 is 0. The fraction of sp³-hybridized carbons (Fsp3) is 0.667. The SMILES string of the molecule is CNCc1cnc(N2CC(C)OC(CO)C2)nc1. The highest BCUT2D eigenvalue weighted by molar-refractivity contribution is 5.31. The molecule has 1 aromatic heterocycles. The van der Waals surface area contributed by atoms with Gasteiger partial charge in [0.15, 0.2) is 0 Å². The van der Waals surface area contributed by atoms with E-state index in [0.717, 1.165) is 18.7 Å². The van der Waals surface area contributed by atoms with Gasteiger partial charge in [-0.25, -0.2) is 9.97 Å². The van der Waals surface area contributed by atoms with Crippen LogP contribution >= 0.6 is 0 Å². The number of morpholine rings is 1. The van der Waals surface area contributed by atoms with Crippen LogP contribution in [0, 0.1) is 0 Å². The molecule has 2 atom stereocenters. The predicted molar refractivity (Wildman–Crippen MR) is 68.4 cm³/mol. The summed E-state index contributed by atoms with van der Waals surface area (Å²) in [5, 5.41) is 12.2. The monoisotopic (exact) mass is 252 g/mol. The minimum Gasteiger partial charge on any atom is -0.394 e. The number of ether oxygens (including phenoxy) is 1. The van der Waals surface area contributed by atoms with Crippen LogP contribution in [0.5, 0.6) is 0 Å². The first kappa shape index (κ1) is 13.2. The number of aromatic nitrogens is 2. The van der Waals surface area contributed by atoms with Gasteiger partial charge in [0.25, 0.3) is 0 Å². The third-order valence-corrected chi connectivity index (χ3v) is 2.89. The molecule has 1 aromatic rings. The highest BCUT2D eigenvalue weighted by Gasteiger charge is 2.26. The Hall–Kier alpha value is -1.24. The Morgan fingerprint density at radius 1 is 1.44 bits per heavy atom. The maximum absolute atomic E-state index is 9.19. The second-order valence-electron chi connectivity index (χ2n) is 4.58. The van der Waals surface area contributed by atoms with Crippen LogP contribution in [0.4, 0.5) is 5.95 Å². The molecule has 2 heterocycles. The molecule has 2 rings (SSSR count). The molecular weight excluding hydrogens is 232 g/mol. The van der Waals surface area contributed by atoms with Gasteiger partial charge in [0.2, 0.25) is 5.95 Å². The average molecular weight is 252 g/mol. The van der Waals surface area contributed by atoms with Gasteiger partial charge in [0.1, 0.15) is 0 Å². The van der Waals surface area contributed by atoms with E-state index in [2.05, 4.69) is 20.2 Å². The molecule has 0 saturated carbocycles. The first-order chi connectivity index (χ1) is 8.72. The highest BCUT2D eigenvalue weighted by Crippen LogP contribution is 2.16. The molecule has 0 spiro atoms. The molecule has 1 aliphatic heterocycles. The normalized spacial score (nSPS) is 24.3. The standard InChI is InChI=1S/C12H20N4O2/c1-9-6-16(7-11(8-17)18-9)12-14-4-10(3-13-2)5-15-12/h4-5,9,11,13,17H,3,6-8H2,1-2H3. The van der Waals surface area contributed by atoms with Crippen molar-refractivity contribution in [3.05, 3.63) is 18.0 Å². The smallest absolute Gasteiger partial charge is 0.225 e. The zero-order valence-electron chi connectivity index (χ0n) is 10.8. The molecule has 0 aliphatic carbocycles. The molecule has 0 bridgehead atoms. The Bertz CT molecular complexity index is 371. The Labute approximate surface area is 107 Å². The van der Waals surface area contributed by atoms with Crippen molar-refractivity contribution in [1.29, 1.82) is 0 Å². The molecule has 1 fully saturated rings. The lowest BCUT2D eigenvalue weighted by Crippen LogP contribution is -2.48. The van der Waals surface area contributed by atoms with E-state index in [-0.39, 0.29) is 18.8 Å². The number of anilines is 1. The number of nitrogens with zero attached hydrogens (tertiary/aromatic N) is 3. The maximum atomic E-state index is 9.19. The molecule has 18 heavy (non-hydrogen) atoms. The van der Waals surface area contributed by atoms with Gasteiger partial charge >= 0.3 is 0 Å². The third-order valence-electron chi connectivity index (χ3n) is 2.89. The van der Waals surface area contributed by atoms with Gasteiger partial charge in [-0.15, -0.1) is 0 Å². The van der Waals surface area contributed by atoms with Gasteiger partial charge in [0, 0.05) is 37.6 Å². The van der Waals surface area contributed by atoms with Gasteiger partial charge in [-0.1, -0.05) is 0 Å². The lowest BCUT2D eigenvalue weighted by Gasteiger charge is -2.36. The van der Waals surface area contributed by atoms with Crippen molar-refractivity contribution in [2.24, 2.45) is 0 Å². The molecule has 6 heteroatoms. The summed E-state index contributed by atoms with van der Waals surface area (Å²) in [5.41, 5.74) is 1.06. The highest BCUT2D eigenvalue weighted by atomic mass is 16.5. The molecule has 0 aromatic carbocycles. The number of rotatable bonds is 4. The molecule has 6 nitrogen and oxygen atoms in total. The second-order valence-corrected chi connectivity index (χ2v) is 4.58. The second kappa shape index (κ2) is 6.08. The molecule has 0 radical (unpaired) electrons. The molecular formula is C12H20N4O2. The molecule has 2 unspecified atom stereocenters. The number of nitrogens with one attached hydrogen (secondary N) is 1. The van der Waals surface area contributed by atoms with Crippen LogP contribution in [0.2, 0.25) is 0 Å². The maximum Gasteiger partial charge on any atom is 0.225 e. The zero-order valence-corrected chi connectivity index (χ0v) is 10.8. The van der Waals surface area contributed by atoms with Gasteiger partial charge in [0.05, 0.1) is 18.8 Å². The van der Waals surface area contributed by atoms with E-state index in [1.54, 1.807) is 0 Å². The molecule has 1 aliphatic rings. The van der Waals surface area contributed by atoms with E-state index in [0.29, 0.717) is 12.5 Å². The van der Waals surface area contributed by atoms with E-state index < -0.39 is 0 Å². The quantitative estimate of drug-likeness (QED) is 0.772. The number of hydrogen-bond acceptors (Lipinski definition) is 6. The first-order valence-electron chi connectivity index (χ1n) is 6.19. The van der Waals surface area contributed by atoms with Crippen molar-refractivity contribution in [3.8, 4) is 0 Å². The third kappa shape index (κ3) is 3.16. The Morgan fingerprint density at radius 2 is 2.17 bits per heavy atom. The molecule has 0 amide bonds. The zero-order chi connectivity index (χ0) is 13.0. The minimum atomic E-state index is -0.158. The Morgan fingerprint density at radius 3 is 2.78 bits per heavy atom. The summed E-state index contributed by atoms with van der Waals surface area (Å²) in [7, 11) is 1.89. The minimum absolute atomic E-state index is 0.0265. The van der Waals surface area contributed by atoms with Crippen molar-refractivity contribution >= 4 is 5.95 Å². The Balaban J connectivity index is 2.05. The van der Waals surface area contributed by atoms with Gasteiger partial charge in [-0.2, -0.15) is 0 Å². The van der Waals surface area contributed by atoms with Crippen molar-refractivity contribution in [2.45, 2.75) is 25.7 Å². The number of aliphatic hydroxyl groups excluding tert-OH is 1. The summed E-state index contributed by atoms with van der Waals surface area (Å²) in [4.78, 5) is 10.8. The summed E-state index contributed by atoms with van der Waals surface area (Å²) < 4.78 is 5.59. The van der Waals surface area contributed by atoms with Gasteiger partial charge in [-0.05, 0) is 14.0 Å². The van der Waals surface area contributed by atoms with E-state index >= 15 is 0 Å². The van der Waals surface area contributed by atoms with Crippen LogP contribution in [-0.4, -0.2) is 54.0 Å². The Kier molecular flexibility index (Phi) is 4.46. The molecule has 100 valence electrons. The van der Waals surface area contributed by atoms with Gasteiger partial charge in [-0.3, -0.25) is 0 Å². The summed E-state index contributed by atoms with van der Waals surface area (Å²) in [6.07, 6.45) is 3.57. The molecule has 1 saturated heterocycles. The summed E-state index contributed by atoms with van der Waals surface area (Å²) in [5.74, 6) is 0.698. The fourth-order valence-corrected chi connectivity index (χ4v) is 2.12. The number of aliphatic hydroxyl groups is 1. The molecule has 2 N–H and O–H groups in total. The van der Waals surface area contributed by atoms with Crippen LogP contribution in [0.15, 0.2) is 12.4 Å². The summed E-state index contributed by atoms with van der Waals surface area (Å²) in [6.45, 7) is 4.16. The average Bonchev–Trinajstić information content (AvgIpc) is 2.39. The van der Waals surface area contributed by atoms with Crippen LogP contribution in [0.25, 0.3) is 0 Å². The largest absolute Gasteiger partial charge is 0.394 e. The topological polar surface area (TPSA) is 70.5 Å². The van der Waals surface area contributed by atoms with E-state index in [9.17, 15) is 5.11 Å². The lowest BCUT2D eigenvalue weighted by molar-refractivity contribution is -0.0425. The van der Waals surface area contributed by atoms with Crippen LogP contribution < -0.4 is 10.2 Å². The lowest BCUT2D eigenvalue weighted by atomic mass is 10.2. The van der Waals surface area contributed by atoms with Crippen molar-refractivity contribution < 1.29 is 9.84 Å². The van der Waals surface area contributed by atoms with Crippen molar-refractivity contribution in [1.82, 2.24) is 15.3 Å². The van der Waals surface area contributed by atoms with E-state index in [1.165, 1.54) is 0 Å². The van der Waals surface area contributed by atoms with E-state index in [4.69, 9.17) is 4.74 Å². The fourth-order valence-electron chi connectivity index (χ4n) is 2.12.